The van der Waals surface area contributed by atoms with E-state index in [1.165, 1.54) is 11.0 Å². The quantitative estimate of drug-likeness (QED) is 0.904. The first-order chi connectivity index (χ1) is 8.15. The van der Waals surface area contributed by atoms with E-state index in [0.29, 0.717) is 5.82 Å². The summed E-state index contributed by atoms with van der Waals surface area (Å²) in [5, 5.41) is 13.1. The number of halogens is 1. The van der Waals surface area contributed by atoms with Crippen LogP contribution in [-0.2, 0) is 11.3 Å². The number of anilines is 1. The lowest BCUT2D eigenvalue weighted by Gasteiger charge is -2.05. The maximum atomic E-state index is 11.6. The first kappa shape index (κ1) is 11.6. The highest BCUT2D eigenvalue weighted by atomic mass is 79.9. The average Bonchev–Trinajstić information content (AvgIpc) is 2.76. The number of hydrogen-bond acceptors (Lipinski definition) is 5. The van der Waals surface area contributed by atoms with Crippen LogP contribution >= 0.6 is 15.9 Å². The minimum atomic E-state index is -0.230. The van der Waals surface area contributed by atoms with Gasteiger partial charge in [0.1, 0.15) is 18.7 Å². The van der Waals surface area contributed by atoms with Crippen molar-refractivity contribution in [1.29, 1.82) is 0 Å². The summed E-state index contributed by atoms with van der Waals surface area (Å²) in [6.45, 7) is 1.91. The van der Waals surface area contributed by atoms with Crippen molar-refractivity contribution >= 4 is 27.7 Å². The van der Waals surface area contributed by atoms with E-state index >= 15 is 0 Å². The third-order valence-corrected chi connectivity index (χ3v) is 2.82. The molecule has 0 unspecified atom stereocenters. The minimum absolute atomic E-state index is 0.0593. The lowest BCUT2D eigenvalue weighted by molar-refractivity contribution is -0.116. The molecule has 2 aromatic rings. The van der Waals surface area contributed by atoms with E-state index in [9.17, 15) is 4.79 Å². The summed E-state index contributed by atoms with van der Waals surface area (Å²) in [5.41, 5.74) is 0.810. The van der Waals surface area contributed by atoms with E-state index in [4.69, 9.17) is 0 Å². The third-order valence-electron chi connectivity index (χ3n) is 1.99. The van der Waals surface area contributed by atoms with Gasteiger partial charge in [0, 0.05) is 4.47 Å². The van der Waals surface area contributed by atoms with Crippen molar-refractivity contribution in [3.8, 4) is 0 Å². The molecule has 0 bridgehead atoms. The predicted molar refractivity (Wildman–Crippen MR) is 63.1 cm³/mol. The molecular weight excluding hydrogens is 288 g/mol. The number of aryl methyl sites for hydroxylation is 1. The van der Waals surface area contributed by atoms with Crippen LogP contribution in [0.25, 0.3) is 0 Å². The Morgan fingerprint density at radius 2 is 2.35 bits per heavy atom. The number of rotatable bonds is 3. The Kier molecular flexibility index (Phi) is 3.43. The van der Waals surface area contributed by atoms with E-state index in [-0.39, 0.29) is 12.5 Å². The smallest absolute Gasteiger partial charge is 0.247 e. The number of aromatic nitrogens is 5. The summed E-state index contributed by atoms with van der Waals surface area (Å²) < 4.78 is 2.23. The number of amides is 1. The number of tetrazole rings is 1. The van der Waals surface area contributed by atoms with Crippen LogP contribution in [-0.4, -0.2) is 31.1 Å². The molecule has 0 aromatic carbocycles. The second-order valence-electron chi connectivity index (χ2n) is 3.32. The van der Waals surface area contributed by atoms with Crippen molar-refractivity contribution < 1.29 is 4.79 Å². The van der Waals surface area contributed by atoms with Crippen molar-refractivity contribution in [2.24, 2.45) is 0 Å². The molecular formula is C9H9BrN6O. The maximum Gasteiger partial charge on any atom is 0.247 e. The molecule has 0 aliphatic rings. The fraction of sp³-hybridized carbons (Fsp3) is 0.222. The minimum Gasteiger partial charge on any atom is -0.309 e. The largest absolute Gasteiger partial charge is 0.309 e. The van der Waals surface area contributed by atoms with Crippen LogP contribution in [0.1, 0.15) is 5.69 Å². The lowest BCUT2D eigenvalue weighted by Crippen LogP contribution is -2.19. The molecule has 17 heavy (non-hydrogen) atoms. The van der Waals surface area contributed by atoms with Crippen LogP contribution in [0.4, 0.5) is 5.82 Å². The molecule has 2 heterocycles. The summed E-state index contributed by atoms with van der Waals surface area (Å²) >= 11 is 3.34. The molecule has 2 rings (SSSR count). The predicted octanol–water partition coefficient (Wildman–Crippen LogP) is 0.778. The van der Waals surface area contributed by atoms with Gasteiger partial charge in [0.25, 0.3) is 0 Å². The lowest BCUT2D eigenvalue weighted by atomic mass is 10.3. The van der Waals surface area contributed by atoms with Gasteiger partial charge in [0.2, 0.25) is 5.91 Å². The van der Waals surface area contributed by atoms with E-state index in [1.54, 1.807) is 6.07 Å². The highest BCUT2D eigenvalue weighted by Gasteiger charge is 2.06. The number of carbonyl (C=O) groups excluding carboxylic acids is 1. The standard InChI is InChI=1S/C9H9BrN6O/c1-6-7(10)2-3-8(12-6)13-9(17)4-16-5-11-14-15-16/h2-3,5H,4H2,1H3,(H,12,13,17). The number of nitrogens with one attached hydrogen (secondary N) is 1. The van der Waals surface area contributed by atoms with Gasteiger partial charge in [-0.2, -0.15) is 0 Å². The van der Waals surface area contributed by atoms with Gasteiger partial charge >= 0.3 is 0 Å². The first-order valence-electron chi connectivity index (χ1n) is 4.79. The molecule has 0 spiro atoms. The van der Waals surface area contributed by atoms with Crippen LogP contribution in [0.5, 0.6) is 0 Å². The Labute approximate surface area is 105 Å². The monoisotopic (exact) mass is 296 g/mol. The molecule has 0 atom stereocenters. The molecule has 2 aromatic heterocycles. The highest BCUT2D eigenvalue weighted by Crippen LogP contribution is 2.15. The van der Waals surface area contributed by atoms with Gasteiger partial charge in [-0.05, 0) is 45.4 Å². The summed E-state index contributed by atoms with van der Waals surface area (Å²) in [6, 6.07) is 3.55. The number of pyridine rings is 1. The van der Waals surface area contributed by atoms with Crippen molar-refractivity contribution in [3.63, 3.8) is 0 Å². The Balaban J connectivity index is 2.00. The Morgan fingerprint density at radius 1 is 1.53 bits per heavy atom. The molecule has 0 saturated carbocycles. The van der Waals surface area contributed by atoms with Crippen LogP contribution < -0.4 is 5.32 Å². The molecule has 8 heteroatoms. The highest BCUT2D eigenvalue weighted by molar-refractivity contribution is 9.10. The summed E-state index contributed by atoms with van der Waals surface area (Å²) in [7, 11) is 0. The molecule has 0 aliphatic heterocycles. The fourth-order valence-corrected chi connectivity index (χ4v) is 1.42. The van der Waals surface area contributed by atoms with E-state index < -0.39 is 0 Å². The molecule has 0 radical (unpaired) electrons. The van der Waals surface area contributed by atoms with Crippen LogP contribution in [0.3, 0.4) is 0 Å². The SMILES string of the molecule is Cc1nc(NC(=O)Cn2cnnn2)ccc1Br. The summed E-state index contributed by atoms with van der Waals surface area (Å²) in [6.07, 6.45) is 1.37. The van der Waals surface area contributed by atoms with E-state index in [0.717, 1.165) is 10.2 Å². The van der Waals surface area contributed by atoms with Crippen LogP contribution in [0, 0.1) is 6.92 Å². The number of nitrogens with zero attached hydrogens (tertiary/aromatic N) is 5. The summed E-state index contributed by atoms with van der Waals surface area (Å²) in [5.74, 6) is 0.273. The zero-order valence-corrected chi connectivity index (χ0v) is 10.5. The van der Waals surface area contributed by atoms with Crippen molar-refractivity contribution in [2.45, 2.75) is 13.5 Å². The second kappa shape index (κ2) is 5.00. The molecule has 1 amide bonds. The number of hydrogen-bond donors (Lipinski definition) is 1. The molecule has 1 N–H and O–H groups in total. The van der Waals surface area contributed by atoms with Gasteiger partial charge in [0.05, 0.1) is 5.69 Å². The zero-order valence-electron chi connectivity index (χ0n) is 8.96. The zero-order chi connectivity index (χ0) is 12.3. The first-order valence-corrected chi connectivity index (χ1v) is 5.58. The van der Waals surface area contributed by atoms with Gasteiger partial charge in [-0.15, -0.1) is 5.10 Å². The fourth-order valence-electron chi connectivity index (χ4n) is 1.20. The Morgan fingerprint density at radius 3 is 3.00 bits per heavy atom. The van der Waals surface area contributed by atoms with Gasteiger partial charge < -0.3 is 5.32 Å². The third kappa shape index (κ3) is 3.06. The van der Waals surface area contributed by atoms with Crippen molar-refractivity contribution in [3.05, 3.63) is 28.6 Å². The Hall–Kier alpha value is -1.83. The molecule has 0 fully saturated rings. The van der Waals surface area contributed by atoms with Crippen molar-refractivity contribution in [1.82, 2.24) is 25.2 Å². The second-order valence-corrected chi connectivity index (χ2v) is 4.17. The number of carbonyl (C=O) groups is 1. The van der Waals surface area contributed by atoms with Gasteiger partial charge in [0.15, 0.2) is 0 Å². The normalized spacial score (nSPS) is 10.2. The molecule has 0 saturated heterocycles. The van der Waals surface area contributed by atoms with Gasteiger partial charge in [-0.25, -0.2) is 9.67 Å². The molecule has 0 aliphatic carbocycles. The van der Waals surface area contributed by atoms with Crippen molar-refractivity contribution in [2.75, 3.05) is 5.32 Å². The molecule has 88 valence electrons. The molecule has 7 nitrogen and oxygen atoms in total. The van der Waals surface area contributed by atoms with Gasteiger partial charge in [-0.1, -0.05) is 0 Å². The average molecular weight is 297 g/mol. The van der Waals surface area contributed by atoms with Gasteiger partial charge in [-0.3, -0.25) is 4.79 Å². The van der Waals surface area contributed by atoms with Crippen LogP contribution in [0.2, 0.25) is 0 Å². The van der Waals surface area contributed by atoms with E-state index in [1.807, 2.05) is 13.0 Å². The van der Waals surface area contributed by atoms with Crippen LogP contribution in [0.15, 0.2) is 22.9 Å². The maximum absolute atomic E-state index is 11.6. The van der Waals surface area contributed by atoms with E-state index in [2.05, 4.69) is 41.8 Å². The topological polar surface area (TPSA) is 85.6 Å². The summed E-state index contributed by atoms with van der Waals surface area (Å²) in [4.78, 5) is 15.8. The Bertz CT molecular complexity index is 526.